The molecule has 1 amide bonds. The van der Waals surface area contributed by atoms with Gasteiger partial charge in [-0.05, 0) is 63.0 Å². The summed E-state index contributed by atoms with van der Waals surface area (Å²) in [5.74, 6) is 0.654. The Morgan fingerprint density at radius 2 is 2.00 bits per heavy atom. The van der Waals surface area contributed by atoms with Gasteiger partial charge in [-0.15, -0.1) is 0 Å². The highest BCUT2D eigenvalue weighted by Gasteiger charge is 2.35. The minimum absolute atomic E-state index is 0.0165. The Morgan fingerprint density at radius 1 is 1.21 bits per heavy atom. The van der Waals surface area contributed by atoms with Gasteiger partial charge in [0.15, 0.2) is 0 Å². The van der Waals surface area contributed by atoms with Gasteiger partial charge in [-0.1, -0.05) is 18.6 Å². The van der Waals surface area contributed by atoms with Gasteiger partial charge < -0.3 is 10.2 Å². The van der Waals surface area contributed by atoms with Crippen molar-refractivity contribution in [1.82, 2.24) is 15.1 Å². The molecule has 2 fully saturated rings. The molecule has 2 atom stereocenters. The third-order valence-electron chi connectivity index (χ3n) is 5.29. The molecule has 5 heteroatoms. The Morgan fingerprint density at radius 3 is 2.75 bits per heavy atom. The molecule has 0 saturated carbocycles. The van der Waals surface area contributed by atoms with Crippen LogP contribution in [-0.4, -0.2) is 55.0 Å². The van der Waals surface area contributed by atoms with Crippen LogP contribution in [0.15, 0.2) is 24.3 Å². The van der Waals surface area contributed by atoms with E-state index in [0.717, 1.165) is 64.0 Å². The molecule has 0 radical (unpaired) electrons. The fraction of sp³-hybridized carbons (Fsp3) is 0.632. The largest absolute Gasteiger partial charge is 0.341 e. The third kappa shape index (κ3) is 4.14. The summed E-state index contributed by atoms with van der Waals surface area (Å²) in [6.07, 6.45) is 4.28. The second-order valence-corrected chi connectivity index (χ2v) is 7.11. The second-order valence-electron chi connectivity index (χ2n) is 7.11. The Kier molecular flexibility index (Phi) is 5.85. The standard InChI is InChI=1S/C19H28FN3O/c1-21-12-16-9-11-23(14-16)19(24)18-4-2-3-10-22(18)13-15-5-7-17(20)8-6-15/h5-8,16,18,21H,2-4,9-14H2,1H3/t16-,18-/m1/s1. The van der Waals surface area contributed by atoms with Gasteiger partial charge in [-0.25, -0.2) is 4.39 Å². The number of nitrogens with one attached hydrogen (secondary N) is 1. The normalized spacial score (nSPS) is 25.2. The molecule has 2 aliphatic rings. The molecule has 0 aliphatic carbocycles. The molecule has 0 spiro atoms. The van der Waals surface area contributed by atoms with Crippen LogP contribution in [0.3, 0.4) is 0 Å². The number of hydrogen-bond donors (Lipinski definition) is 1. The molecule has 1 aromatic rings. The molecule has 2 aliphatic heterocycles. The second kappa shape index (κ2) is 8.08. The van der Waals surface area contributed by atoms with Crippen molar-refractivity contribution in [1.29, 1.82) is 0 Å². The van der Waals surface area contributed by atoms with Crippen molar-refractivity contribution in [3.05, 3.63) is 35.6 Å². The third-order valence-corrected chi connectivity index (χ3v) is 5.29. The summed E-state index contributed by atoms with van der Waals surface area (Å²) in [5.41, 5.74) is 1.07. The lowest BCUT2D eigenvalue weighted by Crippen LogP contribution is -2.50. The summed E-state index contributed by atoms with van der Waals surface area (Å²) in [5, 5.41) is 3.22. The average Bonchev–Trinajstić information content (AvgIpc) is 3.06. The summed E-state index contributed by atoms with van der Waals surface area (Å²) in [6, 6.07) is 6.63. The van der Waals surface area contributed by atoms with Crippen molar-refractivity contribution in [2.24, 2.45) is 5.92 Å². The maximum Gasteiger partial charge on any atom is 0.239 e. The van der Waals surface area contributed by atoms with Gasteiger partial charge in [-0.2, -0.15) is 0 Å². The monoisotopic (exact) mass is 333 g/mol. The summed E-state index contributed by atoms with van der Waals surface area (Å²) >= 11 is 0. The van der Waals surface area contributed by atoms with Crippen LogP contribution in [0.2, 0.25) is 0 Å². The predicted molar refractivity (Wildman–Crippen MR) is 93.1 cm³/mol. The summed E-state index contributed by atoms with van der Waals surface area (Å²) < 4.78 is 13.1. The lowest BCUT2D eigenvalue weighted by molar-refractivity contribution is -0.137. The molecule has 0 aromatic heterocycles. The van der Waals surface area contributed by atoms with E-state index in [4.69, 9.17) is 0 Å². The van der Waals surface area contributed by atoms with Crippen LogP contribution in [0.4, 0.5) is 4.39 Å². The summed E-state index contributed by atoms with van der Waals surface area (Å²) in [6.45, 7) is 4.41. The zero-order valence-electron chi connectivity index (χ0n) is 14.5. The molecule has 1 aromatic carbocycles. The van der Waals surface area contributed by atoms with Crippen LogP contribution in [0, 0.1) is 11.7 Å². The molecule has 4 nitrogen and oxygen atoms in total. The lowest BCUT2D eigenvalue weighted by Gasteiger charge is -2.37. The van der Waals surface area contributed by atoms with E-state index in [2.05, 4.69) is 15.1 Å². The quantitative estimate of drug-likeness (QED) is 0.898. The van der Waals surface area contributed by atoms with Crippen LogP contribution < -0.4 is 5.32 Å². The number of piperidine rings is 1. The van der Waals surface area contributed by atoms with Crippen molar-refractivity contribution in [2.75, 3.05) is 33.2 Å². The highest BCUT2D eigenvalue weighted by Crippen LogP contribution is 2.24. The van der Waals surface area contributed by atoms with Gasteiger partial charge in [0.2, 0.25) is 5.91 Å². The number of benzene rings is 1. The smallest absolute Gasteiger partial charge is 0.239 e. The highest BCUT2D eigenvalue weighted by molar-refractivity contribution is 5.82. The van der Waals surface area contributed by atoms with Gasteiger partial charge in [0.05, 0.1) is 6.04 Å². The zero-order chi connectivity index (χ0) is 16.9. The van der Waals surface area contributed by atoms with Crippen molar-refractivity contribution < 1.29 is 9.18 Å². The van der Waals surface area contributed by atoms with E-state index in [1.807, 2.05) is 19.2 Å². The van der Waals surface area contributed by atoms with Gasteiger partial charge in [0.25, 0.3) is 0 Å². The van der Waals surface area contributed by atoms with E-state index >= 15 is 0 Å². The van der Waals surface area contributed by atoms with Crippen LogP contribution in [0.1, 0.15) is 31.2 Å². The summed E-state index contributed by atoms with van der Waals surface area (Å²) in [4.78, 5) is 17.3. The number of nitrogens with zero attached hydrogens (tertiary/aromatic N) is 2. The maximum atomic E-state index is 13.1. The van der Waals surface area contributed by atoms with Crippen LogP contribution >= 0.6 is 0 Å². The highest BCUT2D eigenvalue weighted by atomic mass is 19.1. The van der Waals surface area contributed by atoms with E-state index in [9.17, 15) is 9.18 Å². The van der Waals surface area contributed by atoms with Crippen LogP contribution in [-0.2, 0) is 11.3 Å². The fourth-order valence-electron chi connectivity index (χ4n) is 3.98. The number of halogens is 1. The fourth-order valence-corrected chi connectivity index (χ4v) is 3.98. The van der Waals surface area contributed by atoms with E-state index in [1.165, 1.54) is 12.1 Å². The first-order valence-corrected chi connectivity index (χ1v) is 9.09. The maximum absolute atomic E-state index is 13.1. The van der Waals surface area contributed by atoms with Gasteiger partial charge >= 0.3 is 0 Å². The first-order chi connectivity index (χ1) is 11.7. The molecule has 1 N–H and O–H groups in total. The van der Waals surface area contributed by atoms with Gasteiger partial charge in [0, 0.05) is 19.6 Å². The first kappa shape index (κ1) is 17.4. The average molecular weight is 333 g/mol. The number of hydrogen-bond acceptors (Lipinski definition) is 3. The topological polar surface area (TPSA) is 35.6 Å². The molecule has 2 saturated heterocycles. The van der Waals surface area contributed by atoms with Gasteiger partial charge in [0.1, 0.15) is 5.82 Å². The molecule has 2 heterocycles. The van der Waals surface area contributed by atoms with E-state index in [-0.39, 0.29) is 17.8 Å². The van der Waals surface area contributed by atoms with Gasteiger partial charge in [-0.3, -0.25) is 9.69 Å². The number of carbonyl (C=O) groups excluding carboxylic acids is 1. The van der Waals surface area contributed by atoms with Crippen molar-refractivity contribution >= 4 is 5.91 Å². The molecule has 3 rings (SSSR count). The SMILES string of the molecule is CNC[C@H]1CCN(C(=O)[C@H]2CCCCN2Cc2ccc(F)cc2)C1. The molecular formula is C19H28FN3O. The van der Waals surface area contributed by atoms with E-state index in [1.54, 1.807) is 0 Å². The molecule has 132 valence electrons. The minimum atomic E-state index is -0.210. The van der Waals surface area contributed by atoms with E-state index in [0.29, 0.717) is 5.92 Å². The van der Waals surface area contributed by atoms with Crippen molar-refractivity contribution in [2.45, 2.75) is 38.3 Å². The summed E-state index contributed by atoms with van der Waals surface area (Å²) in [7, 11) is 1.97. The Hall–Kier alpha value is -1.46. The molecule has 0 bridgehead atoms. The predicted octanol–water partition coefficient (Wildman–Crippen LogP) is 2.25. The molecule has 0 unspecified atom stereocenters. The molecule has 24 heavy (non-hydrogen) atoms. The number of amides is 1. The van der Waals surface area contributed by atoms with Crippen LogP contribution in [0.5, 0.6) is 0 Å². The minimum Gasteiger partial charge on any atom is -0.341 e. The number of likely N-dealkylation sites (tertiary alicyclic amines) is 2. The number of rotatable bonds is 5. The zero-order valence-corrected chi connectivity index (χ0v) is 14.5. The van der Waals surface area contributed by atoms with E-state index < -0.39 is 0 Å². The Bertz CT molecular complexity index is 548. The Balaban J connectivity index is 1.63. The number of carbonyl (C=O) groups is 1. The lowest BCUT2D eigenvalue weighted by atomic mass is 10.00. The Labute approximate surface area is 144 Å². The van der Waals surface area contributed by atoms with Crippen molar-refractivity contribution in [3.63, 3.8) is 0 Å². The molecular weight excluding hydrogens is 305 g/mol. The first-order valence-electron chi connectivity index (χ1n) is 9.09. The van der Waals surface area contributed by atoms with Crippen molar-refractivity contribution in [3.8, 4) is 0 Å². The van der Waals surface area contributed by atoms with Crippen LogP contribution in [0.25, 0.3) is 0 Å².